The number of carbonyl (C=O) groups is 2. The van der Waals surface area contributed by atoms with E-state index < -0.39 is 27.5 Å². The van der Waals surface area contributed by atoms with E-state index in [2.05, 4.69) is 10.5 Å². The van der Waals surface area contributed by atoms with Gasteiger partial charge in [0.2, 0.25) is 9.84 Å². The van der Waals surface area contributed by atoms with Crippen molar-refractivity contribution in [2.75, 3.05) is 6.26 Å². The molecule has 0 aliphatic carbocycles. The first-order valence-electron chi connectivity index (χ1n) is 12.1. The predicted octanol–water partition coefficient (Wildman–Crippen LogP) is 6.70. The van der Waals surface area contributed by atoms with Gasteiger partial charge in [-0.2, -0.15) is 5.10 Å². The van der Waals surface area contributed by atoms with E-state index in [9.17, 15) is 18.0 Å². The molecule has 0 radical (unpaired) electrons. The van der Waals surface area contributed by atoms with Crippen LogP contribution in [-0.2, 0) is 19.3 Å². The van der Waals surface area contributed by atoms with E-state index in [1.165, 1.54) is 35.4 Å². The van der Waals surface area contributed by atoms with Crippen molar-refractivity contribution in [3.63, 3.8) is 0 Å². The van der Waals surface area contributed by atoms with Crippen LogP contribution in [0, 0.1) is 6.92 Å². The van der Waals surface area contributed by atoms with Crippen LogP contribution in [0.5, 0.6) is 0 Å². The first kappa shape index (κ1) is 30.4. The number of carbonyl (C=O) groups excluding carboxylic acids is 2. The molecular formula is C28H32N2O6S3. The van der Waals surface area contributed by atoms with Crippen molar-refractivity contribution in [3.05, 3.63) is 64.5 Å². The highest BCUT2D eigenvalue weighted by Gasteiger charge is 2.25. The van der Waals surface area contributed by atoms with Gasteiger partial charge >= 0.3 is 12.1 Å². The SMILES string of the molecule is CSc1sc(C=NNC(=O)OC(C)(C)C)cc1S(=O)(=O)c1cccc(-c2cccc(C(=O)OC(C)C)c2C)c1. The Morgan fingerprint density at radius 1 is 1.10 bits per heavy atom. The van der Waals surface area contributed by atoms with E-state index in [0.29, 0.717) is 25.8 Å². The monoisotopic (exact) mass is 588 g/mol. The standard InChI is InChI=1S/C28H32N2O6S3/c1-17(2)35-25(31)23-13-9-12-22(18(23)3)19-10-8-11-21(14-19)39(33,34)24-15-20(38-26(24)37-7)16-29-30-27(32)36-28(4,5)6/h8-17H,1-7H3,(H,30,32). The molecule has 0 aliphatic heterocycles. The predicted molar refractivity (Wildman–Crippen MR) is 156 cm³/mol. The molecule has 208 valence electrons. The van der Waals surface area contributed by atoms with Gasteiger partial charge in [0.05, 0.1) is 31.9 Å². The summed E-state index contributed by atoms with van der Waals surface area (Å²) in [5, 5.41) is 3.89. The highest BCUT2D eigenvalue weighted by Crippen LogP contribution is 2.37. The molecule has 0 spiro atoms. The summed E-state index contributed by atoms with van der Waals surface area (Å²) in [5.41, 5.74) is 4.15. The first-order chi connectivity index (χ1) is 18.2. The van der Waals surface area contributed by atoms with Crippen LogP contribution in [-0.4, -0.2) is 44.7 Å². The van der Waals surface area contributed by atoms with E-state index in [1.807, 2.05) is 19.1 Å². The lowest BCUT2D eigenvalue weighted by molar-refractivity contribution is 0.0376. The minimum absolute atomic E-state index is 0.123. The Balaban J connectivity index is 1.93. The van der Waals surface area contributed by atoms with Crippen molar-refractivity contribution in [1.82, 2.24) is 5.43 Å². The van der Waals surface area contributed by atoms with Crippen LogP contribution in [0.3, 0.4) is 0 Å². The lowest BCUT2D eigenvalue weighted by Gasteiger charge is -2.18. The van der Waals surface area contributed by atoms with Gasteiger partial charge in [-0.3, -0.25) is 0 Å². The van der Waals surface area contributed by atoms with Gasteiger partial charge in [-0.25, -0.2) is 23.4 Å². The van der Waals surface area contributed by atoms with Crippen molar-refractivity contribution < 1.29 is 27.5 Å². The van der Waals surface area contributed by atoms with Gasteiger partial charge in [0.25, 0.3) is 0 Å². The van der Waals surface area contributed by atoms with Crippen LogP contribution in [0.4, 0.5) is 4.79 Å². The summed E-state index contributed by atoms with van der Waals surface area (Å²) >= 11 is 2.56. The summed E-state index contributed by atoms with van der Waals surface area (Å²) in [6.07, 6.45) is 2.22. The van der Waals surface area contributed by atoms with E-state index in [0.717, 1.165) is 5.56 Å². The highest BCUT2D eigenvalue weighted by molar-refractivity contribution is 8.01. The number of hydrazone groups is 1. The normalized spacial score (nSPS) is 12.1. The number of thioether (sulfide) groups is 1. The van der Waals surface area contributed by atoms with Crippen LogP contribution in [0.2, 0.25) is 0 Å². The number of thiophene rings is 1. The van der Waals surface area contributed by atoms with Gasteiger partial charge in [0.15, 0.2) is 0 Å². The maximum Gasteiger partial charge on any atom is 0.428 e. The molecule has 0 saturated carbocycles. The molecule has 0 fully saturated rings. The molecule has 11 heteroatoms. The summed E-state index contributed by atoms with van der Waals surface area (Å²) < 4.78 is 38.5. The number of ether oxygens (including phenoxy) is 2. The Morgan fingerprint density at radius 3 is 2.44 bits per heavy atom. The molecule has 2 aromatic carbocycles. The fourth-order valence-electron chi connectivity index (χ4n) is 3.62. The molecule has 3 rings (SSSR count). The quantitative estimate of drug-likeness (QED) is 0.135. The molecule has 3 aromatic rings. The number of nitrogens with zero attached hydrogens (tertiary/aromatic N) is 1. The zero-order valence-corrected chi connectivity index (χ0v) is 25.3. The maximum atomic E-state index is 13.7. The van der Waals surface area contributed by atoms with Crippen LogP contribution >= 0.6 is 23.1 Å². The summed E-state index contributed by atoms with van der Waals surface area (Å²) in [4.78, 5) is 25.2. The molecule has 39 heavy (non-hydrogen) atoms. The van der Waals surface area contributed by atoms with Gasteiger partial charge in [0, 0.05) is 4.88 Å². The largest absolute Gasteiger partial charge is 0.459 e. The third-order valence-corrected chi connectivity index (χ3v) is 9.50. The maximum absolute atomic E-state index is 13.7. The Hall–Kier alpha value is -3.15. The lowest BCUT2D eigenvalue weighted by Crippen LogP contribution is -2.29. The average molecular weight is 589 g/mol. The highest BCUT2D eigenvalue weighted by atomic mass is 32.2. The second kappa shape index (κ2) is 12.4. The third kappa shape index (κ3) is 7.71. The Bertz CT molecular complexity index is 1500. The number of rotatable bonds is 8. The number of sulfone groups is 1. The molecule has 8 nitrogen and oxygen atoms in total. The van der Waals surface area contributed by atoms with E-state index in [1.54, 1.807) is 71.2 Å². The van der Waals surface area contributed by atoms with Gasteiger partial charge in [-0.15, -0.1) is 23.1 Å². The lowest BCUT2D eigenvalue weighted by atomic mass is 9.96. The molecule has 1 amide bonds. The second-order valence-corrected chi connectivity index (χ2v) is 13.9. The van der Waals surface area contributed by atoms with Crippen LogP contribution in [0.25, 0.3) is 11.1 Å². The topological polar surface area (TPSA) is 111 Å². The zero-order valence-electron chi connectivity index (χ0n) is 22.9. The van der Waals surface area contributed by atoms with Crippen LogP contribution < -0.4 is 5.43 Å². The molecule has 0 atom stereocenters. The van der Waals surface area contributed by atoms with Crippen LogP contribution in [0.15, 0.2) is 67.6 Å². The second-order valence-electron chi connectivity index (χ2n) is 9.84. The van der Waals surface area contributed by atoms with Crippen LogP contribution in [0.1, 0.15) is 55.4 Å². The molecule has 0 saturated heterocycles. The summed E-state index contributed by atoms with van der Waals surface area (Å²) in [6.45, 7) is 10.6. The summed E-state index contributed by atoms with van der Waals surface area (Å²) in [5.74, 6) is -0.425. The smallest absolute Gasteiger partial charge is 0.428 e. The first-order valence-corrected chi connectivity index (χ1v) is 15.6. The molecule has 0 aliphatic rings. The third-order valence-electron chi connectivity index (χ3n) is 5.26. The van der Waals surface area contributed by atoms with Gasteiger partial charge in [0.1, 0.15) is 5.60 Å². The Morgan fingerprint density at radius 2 is 1.79 bits per heavy atom. The fourth-order valence-corrected chi connectivity index (χ4v) is 7.56. The molecule has 0 unspecified atom stereocenters. The van der Waals surface area contributed by atoms with Crippen molar-refractivity contribution >= 4 is 51.2 Å². The Kier molecular flexibility index (Phi) is 9.63. The summed E-state index contributed by atoms with van der Waals surface area (Å²) in [7, 11) is -3.89. The summed E-state index contributed by atoms with van der Waals surface area (Å²) in [6, 6.07) is 13.5. The number of esters is 1. The molecular weight excluding hydrogens is 557 g/mol. The van der Waals surface area contributed by atoms with Crippen molar-refractivity contribution in [3.8, 4) is 11.1 Å². The van der Waals surface area contributed by atoms with E-state index in [-0.39, 0.29) is 15.9 Å². The average Bonchev–Trinajstić information content (AvgIpc) is 3.27. The number of benzene rings is 2. The fraction of sp³-hybridized carbons (Fsp3) is 0.321. The number of hydrogen-bond acceptors (Lipinski definition) is 9. The van der Waals surface area contributed by atoms with Gasteiger partial charge < -0.3 is 9.47 Å². The zero-order chi connectivity index (χ0) is 29.0. The van der Waals surface area contributed by atoms with E-state index in [4.69, 9.17) is 9.47 Å². The van der Waals surface area contributed by atoms with Gasteiger partial charge in [-0.1, -0.05) is 24.3 Å². The number of hydrogen-bond donors (Lipinski definition) is 1. The van der Waals surface area contributed by atoms with E-state index >= 15 is 0 Å². The molecule has 0 bridgehead atoms. The number of nitrogens with one attached hydrogen (secondary N) is 1. The molecule has 1 aromatic heterocycles. The Labute approximate surface area is 237 Å². The number of amides is 1. The minimum atomic E-state index is -3.89. The van der Waals surface area contributed by atoms with Crippen molar-refractivity contribution in [2.24, 2.45) is 5.10 Å². The molecule has 1 heterocycles. The molecule has 1 N–H and O–H groups in total. The van der Waals surface area contributed by atoms with Gasteiger partial charge in [-0.05, 0) is 88.8 Å². The minimum Gasteiger partial charge on any atom is -0.459 e. The van der Waals surface area contributed by atoms with Crippen molar-refractivity contribution in [1.29, 1.82) is 0 Å². The van der Waals surface area contributed by atoms with Crippen molar-refractivity contribution in [2.45, 2.75) is 67.2 Å².